The summed E-state index contributed by atoms with van der Waals surface area (Å²) in [6.07, 6.45) is 3.50. The highest BCUT2D eigenvalue weighted by atomic mass is 127. The molecule has 0 radical (unpaired) electrons. The summed E-state index contributed by atoms with van der Waals surface area (Å²) >= 11 is 2.19. The van der Waals surface area contributed by atoms with Crippen molar-refractivity contribution in [1.82, 2.24) is 4.98 Å². The highest BCUT2D eigenvalue weighted by Gasteiger charge is 2.12. The molecule has 4 nitrogen and oxygen atoms in total. The second-order valence-corrected chi connectivity index (χ2v) is 5.31. The van der Waals surface area contributed by atoms with E-state index in [-0.39, 0.29) is 6.61 Å². The molecule has 1 aromatic heterocycles. The molecule has 1 heterocycles. The molecule has 1 aromatic carbocycles. The van der Waals surface area contributed by atoms with Crippen LogP contribution in [0.25, 0.3) is 0 Å². The van der Waals surface area contributed by atoms with E-state index in [1.165, 1.54) is 0 Å². The zero-order valence-electron chi connectivity index (χ0n) is 11.2. The fraction of sp³-hybridized carbons (Fsp3) is 0.267. The second kappa shape index (κ2) is 7.44. The molecule has 2 rings (SSSR count). The Kier molecular flexibility index (Phi) is 5.60. The minimum absolute atomic E-state index is 0.0149. The molecule has 0 bridgehead atoms. The van der Waals surface area contributed by atoms with Crippen LogP contribution in [-0.2, 0) is 13.2 Å². The van der Waals surface area contributed by atoms with Gasteiger partial charge in [0.15, 0.2) is 11.5 Å². The van der Waals surface area contributed by atoms with E-state index in [0.717, 1.165) is 14.7 Å². The Morgan fingerprint density at radius 2 is 2.10 bits per heavy atom. The fourth-order valence-corrected chi connectivity index (χ4v) is 2.58. The molecule has 2 aromatic rings. The lowest BCUT2D eigenvalue weighted by atomic mass is 10.2. The van der Waals surface area contributed by atoms with E-state index in [4.69, 9.17) is 9.47 Å². The van der Waals surface area contributed by atoms with Crippen LogP contribution in [0, 0.1) is 3.57 Å². The smallest absolute Gasteiger partial charge is 0.174 e. The van der Waals surface area contributed by atoms with Crippen molar-refractivity contribution in [3.63, 3.8) is 0 Å². The first-order valence-electron chi connectivity index (χ1n) is 6.32. The Morgan fingerprint density at radius 1 is 1.25 bits per heavy atom. The number of aliphatic hydroxyl groups is 1. The molecule has 0 aliphatic rings. The van der Waals surface area contributed by atoms with E-state index in [1.54, 1.807) is 12.4 Å². The summed E-state index contributed by atoms with van der Waals surface area (Å²) in [5, 5.41) is 9.25. The first-order chi connectivity index (χ1) is 9.74. The summed E-state index contributed by atoms with van der Waals surface area (Å²) in [6.45, 7) is 2.89. The zero-order valence-corrected chi connectivity index (χ0v) is 13.3. The second-order valence-electron chi connectivity index (χ2n) is 4.15. The zero-order chi connectivity index (χ0) is 14.4. The molecule has 0 saturated heterocycles. The van der Waals surface area contributed by atoms with Gasteiger partial charge in [-0.05, 0) is 53.3 Å². The van der Waals surface area contributed by atoms with Crippen LogP contribution >= 0.6 is 22.6 Å². The van der Waals surface area contributed by atoms with Gasteiger partial charge in [-0.1, -0.05) is 6.07 Å². The van der Waals surface area contributed by atoms with Crippen molar-refractivity contribution in [2.24, 2.45) is 0 Å². The number of aliphatic hydroxyl groups excluding tert-OH is 1. The van der Waals surface area contributed by atoms with Crippen LogP contribution < -0.4 is 9.47 Å². The maximum atomic E-state index is 9.25. The standard InChI is InChI=1S/C15H16INO3/c1-2-19-14-7-12(9-18)6-13(16)15(14)20-10-11-4-3-5-17-8-11/h3-8,18H,2,9-10H2,1H3. The number of nitrogens with zero attached hydrogens (tertiary/aromatic N) is 1. The van der Waals surface area contributed by atoms with E-state index >= 15 is 0 Å². The average Bonchev–Trinajstić information content (AvgIpc) is 2.47. The predicted octanol–water partition coefficient (Wildman–Crippen LogP) is 3.16. The SMILES string of the molecule is CCOc1cc(CO)cc(I)c1OCc1cccnc1. The normalized spacial score (nSPS) is 10.3. The molecule has 106 valence electrons. The van der Waals surface area contributed by atoms with Gasteiger partial charge in [0.25, 0.3) is 0 Å². The largest absolute Gasteiger partial charge is 0.490 e. The summed E-state index contributed by atoms with van der Waals surface area (Å²) in [7, 11) is 0. The first kappa shape index (κ1) is 15.1. The van der Waals surface area contributed by atoms with Crippen LogP contribution in [0.5, 0.6) is 11.5 Å². The van der Waals surface area contributed by atoms with Crippen molar-refractivity contribution in [3.8, 4) is 11.5 Å². The summed E-state index contributed by atoms with van der Waals surface area (Å²) in [6, 6.07) is 7.54. The third-order valence-electron chi connectivity index (χ3n) is 2.66. The molecule has 0 amide bonds. The Labute approximate surface area is 131 Å². The average molecular weight is 385 g/mol. The van der Waals surface area contributed by atoms with E-state index < -0.39 is 0 Å². The van der Waals surface area contributed by atoms with E-state index in [9.17, 15) is 5.11 Å². The Morgan fingerprint density at radius 3 is 2.75 bits per heavy atom. The third kappa shape index (κ3) is 3.83. The number of hydrogen-bond acceptors (Lipinski definition) is 4. The molecule has 5 heteroatoms. The van der Waals surface area contributed by atoms with Crippen molar-refractivity contribution in [2.75, 3.05) is 6.61 Å². The number of ether oxygens (including phenoxy) is 2. The number of benzene rings is 1. The summed E-state index contributed by atoms with van der Waals surface area (Å²) in [5.41, 5.74) is 1.81. The molecule has 0 aliphatic carbocycles. The number of pyridine rings is 1. The number of rotatable bonds is 6. The topological polar surface area (TPSA) is 51.6 Å². The number of aromatic nitrogens is 1. The molecule has 0 atom stereocenters. The van der Waals surface area contributed by atoms with Crippen LogP contribution in [-0.4, -0.2) is 16.7 Å². The van der Waals surface area contributed by atoms with Gasteiger partial charge < -0.3 is 14.6 Å². The fourth-order valence-electron chi connectivity index (χ4n) is 1.75. The summed E-state index contributed by atoms with van der Waals surface area (Å²) in [5.74, 6) is 1.36. The van der Waals surface area contributed by atoms with Gasteiger partial charge in [-0.25, -0.2) is 0 Å². The van der Waals surface area contributed by atoms with Gasteiger partial charge in [0.2, 0.25) is 0 Å². The lowest BCUT2D eigenvalue weighted by Gasteiger charge is -2.15. The van der Waals surface area contributed by atoms with Gasteiger partial charge in [-0.15, -0.1) is 0 Å². The highest BCUT2D eigenvalue weighted by molar-refractivity contribution is 14.1. The lowest BCUT2D eigenvalue weighted by Crippen LogP contribution is -2.02. The molecule has 0 fully saturated rings. The Bertz CT molecular complexity index is 561. The minimum Gasteiger partial charge on any atom is -0.490 e. The number of hydrogen-bond donors (Lipinski definition) is 1. The van der Waals surface area contributed by atoms with Crippen molar-refractivity contribution < 1.29 is 14.6 Å². The van der Waals surface area contributed by atoms with Crippen molar-refractivity contribution in [3.05, 3.63) is 51.4 Å². The molecule has 0 aliphatic heterocycles. The minimum atomic E-state index is -0.0149. The lowest BCUT2D eigenvalue weighted by molar-refractivity contribution is 0.262. The molecular formula is C15H16INO3. The molecule has 1 N–H and O–H groups in total. The molecule has 0 unspecified atom stereocenters. The van der Waals surface area contributed by atoms with Gasteiger partial charge in [-0.2, -0.15) is 0 Å². The van der Waals surface area contributed by atoms with Crippen LogP contribution in [0.15, 0.2) is 36.7 Å². The van der Waals surface area contributed by atoms with Gasteiger partial charge in [0.1, 0.15) is 6.61 Å². The Hall–Kier alpha value is -1.34. The van der Waals surface area contributed by atoms with Gasteiger partial charge in [0, 0.05) is 18.0 Å². The number of halogens is 1. The van der Waals surface area contributed by atoms with Gasteiger partial charge >= 0.3 is 0 Å². The Balaban J connectivity index is 2.21. The van der Waals surface area contributed by atoms with Crippen molar-refractivity contribution >= 4 is 22.6 Å². The summed E-state index contributed by atoms with van der Waals surface area (Å²) < 4.78 is 12.4. The quantitative estimate of drug-likeness (QED) is 0.777. The first-order valence-corrected chi connectivity index (χ1v) is 7.40. The van der Waals surface area contributed by atoms with Crippen molar-refractivity contribution in [1.29, 1.82) is 0 Å². The van der Waals surface area contributed by atoms with Crippen LogP contribution in [0.3, 0.4) is 0 Å². The van der Waals surface area contributed by atoms with Crippen LogP contribution in [0.2, 0.25) is 0 Å². The molecule has 0 spiro atoms. The monoisotopic (exact) mass is 385 g/mol. The maximum Gasteiger partial charge on any atom is 0.174 e. The molecular weight excluding hydrogens is 369 g/mol. The van der Waals surface area contributed by atoms with Gasteiger partial charge in [-0.3, -0.25) is 4.98 Å². The van der Waals surface area contributed by atoms with Crippen LogP contribution in [0.1, 0.15) is 18.1 Å². The van der Waals surface area contributed by atoms with Crippen molar-refractivity contribution in [2.45, 2.75) is 20.1 Å². The van der Waals surface area contributed by atoms with E-state index in [0.29, 0.717) is 24.7 Å². The van der Waals surface area contributed by atoms with E-state index in [1.807, 2.05) is 31.2 Å². The van der Waals surface area contributed by atoms with E-state index in [2.05, 4.69) is 27.6 Å². The summed E-state index contributed by atoms with van der Waals surface area (Å²) in [4.78, 5) is 4.06. The highest BCUT2D eigenvalue weighted by Crippen LogP contribution is 2.34. The van der Waals surface area contributed by atoms with Crippen LogP contribution in [0.4, 0.5) is 0 Å². The molecule has 0 saturated carbocycles. The molecule has 20 heavy (non-hydrogen) atoms. The maximum absolute atomic E-state index is 9.25. The van der Waals surface area contributed by atoms with Gasteiger partial charge in [0.05, 0.1) is 16.8 Å². The predicted molar refractivity (Wildman–Crippen MR) is 84.8 cm³/mol. The third-order valence-corrected chi connectivity index (χ3v) is 3.46.